The lowest BCUT2D eigenvalue weighted by molar-refractivity contribution is -0.132. The Bertz CT molecular complexity index is 1980. The number of Topliss-reactive ketones (excluding diaryl/α,β-unsaturated/α-hetero) is 1. The molecule has 12 heteroatoms. The zero-order chi connectivity index (χ0) is 32.4. The number of aliphatic hydroxyl groups excluding tert-OH is 1. The highest BCUT2D eigenvalue weighted by atomic mass is 32.2. The zero-order valence-corrected chi connectivity index (χ0v) is 27.1. The Kier molecular flexibility index (Phi) is 8.91. The van der Waals surface area contributed by atoms with Crippen LogP contribution in [-0.2, 0) is 15.3 Å². The Morgan fingerprint density at radius 3 is 2.61 bits per heavy atom. The molecular formula is C34H31N5O5S2. The van der Waals surface area contributed by atoms with Crippen LogP contribution in [0.25, 0.3) is 11.4 Å². The number of aromatic nitrogens is 4. The van der Waals surface area contributed by atoms with E-state index in [0.29, 0.717) is 45.1 Å². The smallest absolute Gasteiger partial charge is 0.301 e. The normalized spacial score (nSPS) is 15.9. The van der Waals surface area contributed by atoms with Crippen molar-refractivity contribution in [2.24, 2.45) is 0 Å². The summed E-state index contributed by atoms with van der Waals surface area (Å²) in [5, 5.41) is 20.7. The first-order valence-corrected chi connectivity index (χ1v) is 16.4. The number of nitrogens with zero attached hydrogens (tertiary/aromatic N) is 5. The Hall–Kier alpha value is -4.94. The number of carbonyl (C=O) groups excluding carboxylic acids is 2. The van der Waals surface area contributed by atoms with E-state index in [9.17, 15) is 14.7 Å². The van der Waals surface area contributed by atoms with Gasteiger partial charge in [-0.2, -0.15) is 0 Å². The number of aliphatic hydroxyl groups is 1. The molecule has 1 unspecified atom stereocenters. The summed E-state index contributed by atoms with van der Waals surface area (Å²) in [6.45, 7) is 9.89. The molecule has 1 amide bonds. The van der Waals surface area contributed by atoms with Crippen LogP contribution in [0.2, 0.25) is 0 Å². The number of ketones is 1. The topological polar surface area (TPSA) is 119 Å². The minimum absolute atomic E-state index is 0.106. The van der Waals surface area contributed by atoms with E-state index >= 15 is 0 Å². The summed E-state index contributed by atoms with van der Waals surface area (Å²) in [5.41, 5.74) is 3.90. The van der Waals surface area contributed by atoms with Gasteiger partial charge in [0.1, 0.15) is 17.9 Å². The molecule has 0 spiro atoms. The number of hydrogen-bond donors (Lipinski definition) is 1. The van der Waals surface area contributed by atoms with Crippen LogP contribution in [0.5, 0.6) is 11.5 Å². The fraction of sp³-hybridized carbons (Fsp3) is 0.206. The number of carbonyl (C=O) groups is 2. The van der Waals surface area contributed by atoms with Crippen molar-refractivity contribution in [1.29, 1.82) is 0 Å². The van der Waals surface area contributed by atoms with Gasteiger partial charge in [0.15, 0.2) is 21.6 Å². The van der Waals surface area contributed by atoms with Crippen molar-refractivity contribution in [3.05, 3.63) is 113 Å². The van der Waals surface area contributed by atoms with E-state index in [1.54, 1.807) is 31.2 Å². The molecule has 46 heavy (non-hydrogen) atoms. The molecule has 0 saturated carbocycles. The van der Waals surface area contributed by atoms with Crippen molar-refractivity contribution in [3.63, 3.8) is 0 Å². The molecule has 6 rings (SSSR count). The summed E-state index contributed by atoms with van der Waals surface area (Å²) < 4.78 is 14.2. The van der Waals surface area contributed by atoms with Gasteiger partial charge in [-0.15, -0.1) is 10.2 Å². The first-order chi connectivity index (χ1) is 22.3. The van der Waals surface area contributed by atoms with Gasteiger partial charge in [0, 0.05) is 11.9 Å². The van der Waals surface area contributed by atoms with Gasteiger partial charge in [0.25, 0.3) is 5.78 Å². The number of aryl methyl sites for hydroxylation is 2. The third kappa shape index (κ3) is 5.77. The molecule has 1 saturated heterocycles. The average molecular weight is 654 g/mol. The lowest BCUT2D eigenvalue weighted by Gasteiger charge is -2.23. The van der Waals surface area contributed by atoms with Crippen LogP contribution in [0, 0.1) is 13.8 Å². The van der Waals surface area contributed by atoms with Gasteiger partial charge in [-0.05, 0) is 55.7 Å². The van der Waals surface area contributed by atoms with Gasteiger partial charge in [-0.3, -0.25) is 14.5 Å². The van der Waals surface area contributed by atoms with Crippen LogP contribution >= 0.6 is 23.1 Å². The zero-order valence-electron chi connectivity index (χ0n) is 25.5. The third-order valence-electron chi connectivity index (χ3n) is 7.50. The molecule has 4 heterocycles. The highest BCUT2D eigenvalue weighted by molar-refractivity contribution is 8.00. The van der Waals surface area contributed by atoms with Gasteiger partial charge in [-0.25, -0.2) is 4.98 Å². The van der Waals surface area contributed by atoms with Gasteiger partial charge in [0.05, 0.1) is 23.9 Å². The largest absolute Gasteiger partial charge is 0.505 e. The summed E-state index contributed by atoms with van der Waals surface area (Å²) in [6.07, 6.45) is 3.46. The van der Waals surface area contributed by atoms with E-state index < -0.39 is 17.7 Å². The molecule has 1 atom stereocenters. The van der Waals surface area contributed by atoms with E-state index in [1.807, 2.05) is 66.9 Å². The van der Waals surface area contributed by atoms with E-state index in [2.05, 4.69) is 21.8 Å². The lowest BCUT2D eigenvalue weighted by atomic mass is 9.96. The highest BCUT2D eigenvalue weighted by Crippen LogP contribution is 2.46. The van der Waals surface area contributed by atoms with Crippen LogP contribution in [0.1, 0.15) is 41.0 Å². The predicted molar refractivity (Wildman–Crippen MR) is 179 cm³/mol. The fourth-order valence-electron chi connectivity index (χ4n) is 5.33. The standard InChI is InChI=1S/C34H31N5O5S2/c1-5-17-44-24-15-14-23(18-25(24)43-6-2)28-26(29(40)27-21(4)38-16-10-11-20(3)31(38)35-27)30(41)32(42)39(28)33-36-37-34(46-33)45-19-22-12-8-7-9-13-22/h5,7-16,18,28,40H,1,6,17,19H2,2-4H3. The van der Waals surface area contributed by atoms with E-state index in [1.165, 1.54) is 28.0 Å². The second-order valence-electron chi connectivity index (χ2n) is 10.5. The number of hydrogen-bond acceptors (Lipinski definition) is 10. The molecule has 0 bridgehead atoms. The number of rotatable bonds is 11. The summed E-state index contributed by atoms with van der Waals surface area (Å²) in [4.78, 5) is 33.7. The minimum Gasteiger partial charge on any atom is -0.505 e. The van der Waals surface area contributed by atoms with Crippen molar-refractivity contribution in [1.82, 2.24) is 19.6 Å². The number of thioether (sulfide) groups is 1. The van der Waals surface area contributed by atoms with E-state index in [-0.39, 0.29) is 28.8 Å². The van der Waals surface area contributed by atoms with Gasteiger partial charge in [-0.1, -0.05) is 78.2 Å². The quantitative estimate of drug-likeness (QED) is 0.0416. The molecule has 5 aromatic rings. The molecule has 3 aromatic heterocycles. The van der Waals surface area contributed by atoms with Gasteiger partial charge < -0.3 is 19.0 Å². The van der Waals surface area contributed by atoms with Crippen molar-refractivity contribution in [3.8, 4) is 11.5 Å². The van der Waals surface area contributed by atoms with Gasteiger partial charge in [0.2, 0.25) is 5.13 Å². The first kappa shape index (κ1) is 31.1. The molecule has 2 aromatic carbocycles. The Morgan fingerprint density at radius 2 is 1.87 bits per heavy atom. The van der Waals surface area contributed by atoms with E-state index in [0.717, 1.165) is 11.1 Å². The number of fused-ring (bicyclic) bond motifs is 1. The van der Waals surface area contributed by atoms with Crippen molar-refractivity contribution in [2.75, 3.05) is 18.1 Å². The Labute approximate surface area is 274 Å². The van der Waals surface area contributed by atoms with Crippen molar-refractivity contribution >= 4 is 51.3 Å². The second-order valence-corrected chi connectivity index (χ2v) is 12.6. The maximum absolute atomic E-state index is 13.9. The molecule has 1 aliphatic rings. The summed E-state index contributed by atoms with van der Waals surface area (Å²) in [5.74, 6) is -0.500. The molecule has 0 aliphatic carbocycles. The van der Waals surface area contributed by atoms with Crippen molar-refractivity contribution in [2.45, 2.75) is 36.9 Å². The molecule has 234 valence electrons. The number of anilines is 1. The molecule has 1 fully saturated rings. The maximum Gasteiger partial charge on any atom is 0.301 e. The maximum atomic E-state index is 13.9. The number of amides is 1. The number of ether oxygens (including phenoxy) is 2. The summed E-state index contributed by atoms with van der Waals surface area (Å²) in [6, 6.07) is 17.9. The molecule has 0 radical (unpaired) electrons. The predicted octanol–water partition coefficient (Wildman–Crippen LogP) is 6.68. The molecule has 1 N–H and O–H groups in total. The van der Waals surface area contributed by atoms with Crippen LogP contribution in [0.4, 0.5) is 5.13 Å². The van der Waals surface area contributed by atoms with Crippen LogP contribution in [0.15, 0.2) is 89.4 Å². The first-order valence-electron chi connectivity index (χ1n) is 14.6. The Balaban J connectivity index is 1.48. The number of pyridine rings is 1. The van der Waals surface area contributed by atoms with Crippen molar-refractivity contribution < 1.29 is 24.2 Å². The number of imidazole rings is 1. The van der Waals surface area contributed by atoms with Crippen LogP contribution < -0.4 is 14.4 Å². The highest BCUT2D eigenvalue weighted by Gasteiger charge is 2.49. The SMILES string of the molecule is C=CCOc1ccc(C2C(=C(O)c3nc4c(C)cccn4c3C)C(=O)C(=O)N2c2nnc(SCc3ccccc3)s2)cc1OCC. The third-order valence-corrected chi connectivity index (χ3v) is 9.63. The molecule has 1 aliphatic heterocycles. The lowest BCUT2D eigenvalue weighted by Crippen LogP contribution is -2.29. The molecular weight excluding hydrogens is 623 g/mol. The van der Waals surface area contributed by atoms with Crippen LogP contribution in [0.3, 0.4) is 0 Å². The monoisotopic (exact) mass is 653 g/mol. The summed E-state index contributed by atoms with van der Waals surface area (Å²) in [7, 11) is 0. The number of benzene rings is 2. The van der Waals surface area contributed by atoms with E-state index in [4.69, 9.17) is 9.47 Å². The molecule has 10 nitrogen and oxygen atoms in total. The second kappa shape index (κ2) is 13.2. The minimum atomic E-state index is -1.04. The van der Waals surface area contributed by atoms with Gasteiger partial charge >= 0.3 is 5.91 Å². The van der Waals surface area contributed by atoms with Crippen LogP contribution in [-0.4, -0.2) is 49.6 Å². The fourth-order valence-corrected chi connectivity index (χ4v) is 7.15. The Morgan fingerprint density at radius 1 is 1.07 bits per heavy atom. The summed E-state index contributed by atoms with van der Waals surface area (Å²) >= 11 is 2.69. The average Bonchev–Trinajstić information content (AvgIpc) is 3.74.